The maximum absolute atomic E-state index is 11.7. The molecule has 8 heteroatoms. The minimum Gasteiger partial charge on any atom is -0.485 e. The Bertz CT molecular complexity index is 947. The highest BCUT2D eigenvalue weighted by Gasteiger charge is 2.40. The Labute approximate surface area is 175 Å². The van der Waals surface area contributed by atoms with Crippen molar-refractivity contribution in [1.29, 1.82) is 0 Å². The third kappa shape index (κ3) is 4.47. The van der Waals surface area contributed by atoms with Gasteiger partial charge in [-0.05, 0) is 61.0 Å². The number of nitrogens with one attached hydrogen (secondary N) is 1. The number of methoxy groups -OCH3 is 1. The van der Waals surface area contributed by atoms with Crippen molar-refractivity contribution in [3.8, 4) is 5.75 Å². The van der Waals surface area contributed by atoms with E-state index in [0.717, 1.165) is 11.1 Å². The van der Waals surface area contributed by atoms with Gasteiger partial charge >= 0.3 is 0 Å². The Kier molecular flexibility index (Phi) is 6.57. The third-order valence-electron chi connectivity index (χ3n) is 5.03. The monoisotopic (exact) mass is 443 g/mol. The first-order valence-corrected chi connectivity index (χ1v) is 11.5. The molecule has 1 unspecified atom stereocenters. The highest BCUT2D eigenvalue weighted by Crippen LogP contribution is 2.45. The van der Waals surface area contributed by atoms with Gasteiger partial charge in [-0.25, -0.2) is 8.42 Å². The van der Waals surface area contributed by atoms with Crippen LogP contribution in [0.25, 0.3) is 0 Å². The molecular formula is C20H23Cl2NO4S. The molecule has 0 aromatic heterocycles. The van der Waals surface area contributed by atoms with E-state index in [9.17, 15) is 8.42 Å². The molecule has 0 saturated heterocycles. The molecule has 5 nitrogen and oxygen atoms in total. The van der Waals surface area contributed by atoms with Gasteiger partial charge in [0.2, 0.25) is 0 Å². The predicted molar refractivity (Wildman–Crippen MR) is 111 cm³/mol. The summed E-state index contributed by atoms with van der Waals surface area (Å²) in [7, 11) is 0.290. The lowest BCUT2D eigenvalue weighted by molar-refractivity contribution is 0.00508. The van der Waals surface area contributed by atoms with Gasteiger partial charge in [0.1, 0.15) is 11.9 Å². The number of fused-ring (bicyclic) bond motifs is 1. The Morgan fingerprint density at radius 2 is 1.89 bits per heavy atom. The van der Waals surface area contributed by atoms with Crippen LogP contribution in [-0.4, -0.2) is 41.5 Å². The molecular weight excluding hydrogens is 421 g/mol. The zero-order valence-electron chi connectivity index (χ0n) is 15.9. The van der Waals surface area contributed by atoms with Gasteiger partial charge in [-0.1, -0.05) is 23.2 Å². The van der Waals surface area contributed by atoms with Crippen LogP contribution in [-0.2, 0) is 21.0 Å². The van der Waals surface area contributed by atoms with Crippen LogP contribution in [0.1, 0.15) is 17.2 Å². The van der Waals surface area contributed by atoms with Gasteiger partial charge < -0.3 is 14.8 Å². The van der Waals surface area contributed by atoms with Crippen LogP contribution in [0.15, 0.2) is 41.3 Å². The highest BCUT2D eigenvalue weighted by atomic mass is 35.5. The summed E-state index contributed by atoms with van der Waals surface area (Å²) >= 11 is 12.7. The largest absolute Gasteiger partial charge is 0.485 e. The van der Waals surface area contributed by atoms with Crippen LogP contribution >= 0.6 is 23.2 Å². The van der Waals surface area contributed by atoms with Crippen LogP contribution in [0.5, 0.6) is 5.75 Å². The van der Waals surface area contributed by atoms with Crippen molar-refractivity contribution in [2.24, 2.45) is 5.92 Å². The number of sulfone groups is 1. The van der Waals surface area contributed by atoms with Gasteiger partial charge in [0, 0.05) is 35.9 Å². The standard InChI is InChI=1S/C20H23Cl2NO4S/c1-23-11-19(26-2)17-10-15-16(8-12(21)9-18(15)22)20(17)27-13-4-6-14(7-5-13)28(3,24)25/h4-9,17,19-20,23H,10-11H2,1-3H3/t17-,19?,20-/m1/s1. The fourth-order valence-corrected chi connectivity index (χ4v) is 4.88. The Morgan fingerprint density at radius 1 is 1.21 bits per heavy atom. The first-order chi connectivity index (χ1) is 13.2. The van der Waals surface area contributed by atoms with Crippen LogP contribution in [0.3, 0.4) is 0 Å². The molecule has 3 rings (SSSR count). The van der Waals surface area contributed by atoms with Gasteiger partial charge in [-0.15, -0.1) is 0 Å². The number of halogens is 2. The van der Waals surface area contributed by atoms with Crippen molar-refractivity contribution in [3.05, 3.63) is 57.6 Å². The Balaban J connectivity index is 1.97. The van der Waals surface area contributed by atoms with Crippen molar-refractivity contribution in [2.75, 3.05) is 27.0 Å². The Morgan fingerprint density at radius 3 is 2.46 bits per heavy atom. The van der Waals surface area contributed by atoms with Crippen LogP contribution < -0.4 is 10.1 Å². The second-order valence-corrected chi connectivity index (χ2v) is 9.80. The molecule has 0 fully saturated rings. The summed E-state index contributed by atoms with van der Waals surface area (Å²) in [5.41, 5.74) is 1.94. The van der Waals surface area contributed by atoms with E-state index in [0.29, 0.717) is 28.8 Å². The molecule has 0 radical (unpaired) electrons. The van der Waals surface area contributed by atoms with E-state index in [1.165, 1.54) is 6.26 Å². The summed E-state index contributed by atoms with van der Waals surface area (Å²) in [5.74, 6) is 0.601. The zero-order valence-corrected chi connectivity index (χ0v) is 18.2. The lowest BCUT2D eigenvalue weighted by Gasteiger charge is -2.28. The molecule has 0 spiro atoms. The van der Waals surface area contributed by atoms with Crippen molar-refractivity contribution in [1.82, 2.24) is 5.32 Å². The molecule has 0 aliphatic heterocycles. The number of benzene rings is 2. The smallest absolute Gasteiger partial charge is 0.175 e. The average molecular weight is 444 g/mol. The van der Waals surface area contributed by atoms with Crippen LogP contribution in [0.2, 0.25) is 10.0 Å². The SMILES string of the molecule is CNCC(OC)[C@H]1Cc2c(Cl)cc(Cl)cc2[C@H]1Oc1ccc(S(C)(=O)=O)cc1. The molecule has 0 amide bonds. The first kappa shape index (κ1) is 21.4. The van der Waals surface area contributed by atoms with E-state index in [2.05, 4.69) is 5.32 Å². The summed E-state index contributed by atoms with van der Waals surface area (Å²) in [6.45, 7) is 0.660. The predicted octanol–water partition coefficient (Wildman–Crippen LogP) is 3.92. The fourth-order valence-electron chi connectivity index (χ4n) is 3.67. The van der Waals surface area contributed by atoms with E-state index < -0.39 is 9.84 Å². The Hall–Kier alpha value is -1.31. The lowest BCUT2D eigenvalue weighted by atomic mass is 9.96. The number of hydrogen-bond acceptors (Lipinski definition) is 5. The average Bonchev–Trinajstić information content (AvgIpc) is 2.98. The summed E-state index contributed by atoms with van der Waals surface area (Å²) in [6, 6.07) is 10.0. The maximum atomic E-state index is 11.7. The quantitative estimate of drug-likeness (QED) is 0.702. The van der Waals surface area contributed by atoms with Crippen molar-refractivity contribution < 1.29 is 17.9 Å². The molecule has 152 valence electrons. The number of likely N-dealkylation sites (N-methyl/N-ethyl adjacent to an activating group) is 1. The third-order valence-corrected chi connectivity index (χ3v) is 6.71. The molecule has 2 aromatic rings. The number of hydrogen-bond donors (Lipinski definition) is 1. The van der Waals surface area contributed by atoms with Crippen LogP contribution in [0, 0.1) is 5.92 Å². The molecule has 28 heavy (non-hydrogen) atoms. The van der Waals surface area contributed by atoms with Crippen LogP contribution in [0.4, 0.5) is 0 Å². The summed E-state index contributed by atoms with van der Waals surface area (Å²) in [6.07, 6.45) is 1.48. The normalized spacial score (nSPS) is 20.0. The summed E-state index contributed by atoms with van der Waals surface area (Å²) in [4.78, 5) is 0.249. The maximum Gasteiger partial charge on any atom is 0.175 e. The van der Waals surface area contributed by atoms with E-state index in [1.54, 1.807) is 37.4 Å². The van der Waals surface area contributed by atoms with E-state index in [4.69, 9.17) is 32.7 Å². The first-order valence-electron chi connectivity index (χ1n) is 8.86. The van der Waals surface area contributed by atoms with Gasteiger partial charge in [0.15, 0.2) is 9.84 Å². The van der Waals surface area contributed by atoms with Crippen molar-refractivity contribution in [2.45, 2.75) is 23.5 Å². The van der Waals surface area contributed by atoms with Gasteiger partial charge in [-0.3, -0.25) is 0 Å². The molecule has 0 bridgehead atoms. The molecule has 0 saturated carbocycles. The van der Waals surface area contributed by atoms with Gasteiger partial charge in [0.25, 0.3) is 0 Å². The molecule has 1 N–H and O–H groups in total. The summed E-state index contributed by atoms with van der Waals surface area (Å²) in [5, 5.41) is 4.32. The molecule has 1 aliphatic rings. The van der Waals surface area contributed by atoms with Crippen molar-refractivity contribution >= 4 is 33.0 Å². The number of ether oxygens (including phenoxy) is 2. The molecule has 3 atom stereocenters. The van der Waals surface area contributed by atoms with E-state index in [-0.39, 0.29) is 23.0 Å². The zero-order chi connectivity index (χ0) is 20.5. The molecule has 2 aromatic carbocycles. The molecule has 1 aliphatic carbocycles. The van der Waals surface area contributed by atoms with Crippen molar-refractivity contribution in [3.63, 3.8) is 0 Å². The molecule has 0 heterocycles. The minimum atomic E-state index is -3.26. The van der Waals surface area contributed by atoms with E-state index in [1.807, 2.05) is 13.1 Å². The topological polar surface area (TPSA) is 64.6 Å². The van der Waals surface area contributed by atoms with E-state index >= 15 is 0 Å². The second kappa shape index (κ2) is 8.59. The highest BCUT2D eigenvalue weighted by molar-refractivity contribution is 7.90. The van der Waals surface area contributed by atoms with Gasteiger partial charge in [0.05, 0.1) is 11.0 Å². The van der Waals surface area contributed by atoms with Gasteiger partial charge in [-0.2, -0.15) is 0 Å². The summed E-state index contributed by atoms with van der Waals surface area (Å²) < 4.78 is 35.4. The minimum absolute atomic E-state index is 0.0259. The number of rotatable bonds is 7. The second-order valence-electron chi connectivity index (χ2n) is 6.94. The fraction of sp³-hybridized carbons (Fsp3) is 0.400. The lowest BCUT2D eigenvalue weighted by Crippen LogP contribution is -2.36.